The van der Waals surface area contributed by atoms with Crippen LogP contribution in [-0.4, -0.2) is 23.2 Å². The van der Waals surface area contributed by atoms with Gasteiger partial charge in [-0.25, -0.2) is 4.39 Å². The number of carbonyl (C=O) groups is 2. The van der Waals surface area contributed by atoms with Crippen molar-refractivity contribution in [3.8, 4) is 11.1 Å². The van der Waals surface area contributed by atoms with Crippen LogP contribution in [0.15, 0.2) is 48.0 Å². The first-order valence-electron chi connectivity index (χ1n) is 7.84. The van der Waals surface area contributed by atoms with Crippen molar-refractivity contribution in [3.63, 3.8) is 0 Å². The summed E-state index contributed by atoms with van der Waals surface area (Å²) in [6.07, 6.45) is 1.79. The third-order valence-corrected chi connectivity index (χ3v) is 5.41. The third-order valence-electron chi connectivity index (χ3n) is 4.21. The van der Waals surface area contributed by atoms with E-state index in [2.05, 4.69) is 4.98 Å². The summed E-state index contributed by atoms with van der Waals surface area (Å²) in [5, 5.41) is 1.84. The van der Waals surface area contributed by atoms with E-state index in [4.69, 9.17) is 11.6 Å². The van der Waals surface area contributed by atoms with Gasteiger partial charge in [0.2, 0.25) is 5.91 Å². The predicted octanol–water partition coefficient (Wildman–Crippen LogP) is 4.37. The molecule has 3 heterocycles. The van der Waals surface area contributed by atoms with Crippen LogP contribution in [0.2, 0.25) is 5.02 Å². The number of Topliss-reactive ketones (excluding diaryl/α,β-unsaturated/α-hetero) is 1. The summed E-state index contributed by atoms with van der Waals surface area (Å²) in [4.78, 5) is 31.2. The van der Waals surface area contributed by atoms with Crippen molar-refractivity contribution in [3.05, 3.63) is 69.4 Å². The number of aromatic nitrogens is 1. The third kappa shape index (κ3) is 3.02. The predicted molar refractivity (Wildman–Crippen MR) is 99.3 cm³/mol. The number of pyridine rings is 1. The van der Waals surface area contributed by atoms with Crippen molar-refractivity contribution >= 4 is 40.3 Å². The summed E-state index contributed by atoms with van der Waals surface area (Å²) >= 11 is 7.20. The Bertz CT molecular complexity index is 1020. The second-order valence-electron chi connectivity index (χ2n) is 5.88. The summed E-state index contributed by atoms with van der Waals surface area (Å²) in [5.74, 6) is -0.772. The second-order valence-corrected chi connectivity index (χ2v) is 7.23. The van der Waals surface area contributed by atoms with E-state index in [-0.39, 0.29) is 29.7 Å². The molecule has 1 aromatic carbocycles. The van der Waals surface area contributed by atoms with Gasteiger partial charge in [0.25, 0.3) is 0 Å². The number of fused-ring (bicyclic) bond motifs is 1. The largest absolute Gasteiger partial charge is 0.302 e. The molecule has 4 rings (SSSR count). The highest BCUT2D eigenvalue weighted by atomic mass is 35.5. The lowest BCUT2D eigenvalue weighted by atomic mass is 10.1. The molecule has 26 heavy (non-hydrogen) atoms. The molecule has 4 nitrogen and oxygen atoms in total. The highest BCUT2D eigenvalue weighted by Gasteiger charge is 2.30. The zero-order valence-corrected chi connectivity index (χ0v) is 15.0. The molecule has 0 bridgehead atoms. The van der Waals surface area contributed by atoms with Crippen LogP contribution < -0.4 is 4.90 Å². The molecule has 0 radical (unpaired) electrons. The van der Waals surface area contributed by atoms with Gasteiger partial charge >= 0.3 is 0 Å². The highest BCUT2D eigenvalue weighted by Crippen LogP contribution is 2.33. The molecule has 130 valence electrons. The highest BCUT2D eigenvalue weighted by molar-refractivity contribution is 7.12. The smallest absolute Gasteiger partial charge is 0.233 e. The minimum atomic E-state index is -0.497. The van der Waals surface area contributed by atoms with Gasteiger partial charge < -0.3 is 4.90 Å². The standard InChI is InChI=1S/C19H12ClFN2O2S/c20-13-6-11(3-4-14(13)21)12-7-16-15(22-9-12)8-19(25)23(16)10-17(24)18-2-1-5-26-18/h1-7,9H,8,10H2. The SMILES string of the molecule is O=C(CN1C(=O)Cc2ncc(-c3ccc(F)c(Cl)c3)cc21)c1cccs1. The van der Waals surface area contributed by atoms with Crippen LogP contribution in [0, 0.1) is 5.82 Å². The molecule has 1 aliphatic rings. The second kappa shape index (κ2) is 6.63. The van der Waals surface area contributed by atoms with Crippen LogP contribution in [0.5, 0.6) is 0 Å². The maximum absolute atomic E-state index is 13.4. The molecule has 1 aliphatic heterocycles. The summed E-state index contributed by atoms with van der Waals surface area (Å²) in [7, 11) is 0. The molecular weight excluding hydrogens is 375 g/mol. The number of rotatable bonds is 4. The first kappa shape index (κ1) is 16.9. The van der Waals surface area contributed by atoms with Crippen LogP contribution in [0.1, 0.15) is 15.4 Å². The Balaban J connectivity index is 1.68. The number of thiophene rings is 1. The van der Waals surface area contributed by atoms with E-state index in [1.165, 1.54) is 28.4 Å². The van der Waals surface area contributed by atoms with Crippen LogP contribution in [0.3, 0.4) is 0 Å². The van der Waals surface area contributed by atoms with E-state index in [1.807, 2.05) is 5.38 Å². The fourth-order valence-corrected chi connectivity index (χ4v) is 3.73. The zero-order valence-electron chi connectivity index (χ0n) is 13.4. The average Bonchev–Trinajstić information content (AvgIpc) is 3.26. The molecule has 0 unspecified atom stereocenters. The van der Waals surface area contributed by atoms with Gasteiger partial charge in [-0.15, -0.1) is 11.3 Å². The van der Waals surface area contributed by atoms with E-state index in [1.54, 1.807) is 30.5 Å². The number of carbonyl (C=O) groups excluding carboxylic acids is 2. The van der Waals surface area contributed by atoms with E-state index in [9.17, 15) is 14.0 Å². The van der Waals surface area contributed by atoms with Gasteiger partial charge in [0.05, 0.1) is 34.2 Å². The Labute approximate surface area is 157 Å². The van der Waals surface area contributed by atoms with Crippen LogP contribution in [0.25, 0.3) is 11.1 Å². The zero-order chi connectivity index (χ0) is 18.3. The summed E-state index contributed by atoms with van der Waals surface area (Å²) < 4.78 is 13.4. The Morgan fingerprint density at radius 1 is 1.27 bits per heavy atom. The van der Waals surface area contributed by atoms with Crippen LogP contribution in [-0.2, 0) is 11.2 Å². The number of nitrogens with zero attached hydrogens (tertiary/aromatic N) is 2. The molecule has 3 aromatic rings. The van der Waals surface area contributed by atoms with Gasteiger partial charge in [0.15, 0.2) is 5.78 Å². The molecule has 0 aliphatic carbocycles. The normalized spacial score (nSPS) is 13.2. The van der Waals surface area contributed by atoms with Crippen molar-refractivity contribution in [1.82, 2.24) is 4.98 Å². The molecule has 0 N–H and O–H groups in total. The van der Waals surface area contributed by atoms with Gasteiger partial charge in [0.1, 0.15) is 5.82 Å². The van der Waals surface area contributed by atoms with E-state index < -0.39 is 5.82 Å². The first-order valence-corrected chi connectivity index (χ1v) is 9.10. The molecule has 0 atom stereocenters. The van der Waals surface area contributed by atoms with Crippen molar-refractivity contribution in [2.45, 2.75) is 6.42 Å². The summed E-state index contributed by atoms with van der Waals surface area (Å²) in [6.45, 7) is -0.0261. The monoisotopic (exact) mass is 386 g/mol. The van der Waals surface area contributed by atoms with Crippen molar-refractivity contribution < 1.29 is 14.0 Å². The number of amides is 1. The minimum Gasteiger partial charge on any atom is -0.302 e. The van der Waals surface area contributed by atoms with E-state index in [0.717, 1.165) is 0 Å². The Hall–Kier alpha value is -2.57. The number of anilines is 1. The van der Waals surface area contributed by atoms with E-state index in [0.29, 0.717) is 27.4 Å². The van der Waals surface area contributed by atoms with E-state index >= 15 is 0 Å². The number of hydrogen-bond acceptors (Lipinski definition) is 4. The fourth-order valence-electron chi connectivity index (χ4n) is 2.89. The quantitative estimate of drug-likeness (QED) is 0.625. The van der Waals surface area contributed by atoms with Crippen molar-refractivity contribution in [1.29, 1.82) is 0 Å². The first-order chi connectivity index (χ1) is 12.5. The Morgan fingerprint density at radius 3 is 2.85 bits per heavy atom. The van der Waals surface area contributed by atoms with Gasteiger partial charge in [-0.3, -0.25) is 14.6 Å². The molecule has 2 aromatic heterocycles. The van der Waals surface area contributed by atoms with Gasteiger partial charge in [-0.2, -0.15) is 0 Å². The van der Waals surface area contributed by atoms with Crippen LogP contribution >= 0.6 is 22.9 Å². The molecule has 0 fully saturated rings. The lowest BCUT2D eigenvalue weighted by Gasteiger charge is -2.16. The fraction of sp³-hybridized carbons (Fsp3) is 0.105. The maximum atomic E-state index is 13.4. The molecule has 0 spiro atoms. The Morgan fingerprint density at radius 2 is 2.12 bits per heavy atom. The van der Waals surface area contributed by atoms with Crippen molar-refractivity contribution in [2.24, 2.45) is 0 Å². The van der Waals surface area contributed by atoms with Gasteiger partial charge in [-0.1, -0.05) is 23.7 Å². The lowest BCUT2D eigenvalue weighted by molar-refractivity contribution is -0.117. The van der Waals surface area contributed by atoms with Crippen LogP contribution in [0.4, 0.5) is 10.1 Å². The Kier molecular flexibility index (Phi) is 4.30. The maximum Gasteiger partial charge on any atom is 0.233 e. The lowest BCUT2D eigenvalue weighted by Crippen LogP contribution is -2.32. The number of benzene rings is 1. The van der Waals surface area contributed by atoms with Gasteiger partial charge in [0, 0.05) is 11.8 Å². The van der Waals surface area contributed by atoms with Gasteiger partial charge in [-0.05, 0) is 35.2 Å². The summed E-state index contributed by atoms with van der Waals surface area (Å²) in [5.41, 5.74) is 2.63. The molecule has 0 saturated heterocycles. The molecular formula is C19H12ClFN2O2S. The number of hydrogen-bond donors (Lipinski definition) is 0. The molecule has 1 amide bonds. The number of halogens is 2. The van der Waals surface area contributed by atoms with Crippen molar-refractivity contribution in [2.75, 3.05) is 11.4 Å². The minimum absolute atomic E-state index is 0.0174. The molecule has 7 heteroatoms. The average molecular weight is 387 g/mol. The topological polar surface area (TPSA) is 50.3 Å². The molecule has 0 saturated carbocycles. The summed E-state index contributed by atoms with van der Waals surface area (Å²) in [6, 6.07) is 9.73. The number of ketones is 1.